The highest BCUT2D eigenvalue weighted by atomic mass is 32.2. The lowest BCUT2D eigenvalue weighted by Gasteiger charge is -2.08. The number of aromatic nitrogens is 2. The predicted octanol–water partition coefficient (Wildman–Crippen LogP) is 4.04. The minimum atomic E-state index is -3.79. The van der Waals surface area contributed by atoms with Gasteiger partial charge in [-0.15, -0.1) is 0 Å². The normalized spacial score (nSPS) is 11.3. The highest BCUT2D eigenvalue weighted by Gasteiger charge is 2.15. The van der Waals surface area contributed by atoms with Crippen LogP contribution in [-0.4, -0.2) is 18.4 Å². The van der Waals surface area contributed by atoms with E-state index in [1.54, 1.807) is 30.3 Å². The van der Waals surface area contributed by atoms with Crippen LogP contribution in [0.1, 0.15) is 5.56 Å². The molecule has 1 aromatic heterocycles. The molecule has 138 valence electrons. The van der Waals surface area contributed by atoms with Crippen molar-refractivity contribution in [3.8, 4) is 17.5 Å². The summed E-state index contributed by atoms with van der Waals surface area (Å²) in [7, 11) is -3.79. The summed E-state index contributed by atoms with van der Waals surface area (Å²) in [5.41, 5.74) is 2.76. The quantitative estimate of drug-likeness (QED) is 0.547. The molecule has 6 nitrogen and oxygen atoms in total. The third kappa shape index (κ3) is 3.43. The Morgan fingerprint density at radius 2 is 1.71 bits per heavy atom. The van der Waals surface area contributed by atoms with Gasteiger partial charge in [0.1, 0.15) is 11.6 Å². The molecule has 1 heterocycles. The maximum Gasteiger partial charge on any atom is 0.261 e. The van der Waals surface area contributed by atoms with Crippen LogP contribution in [0.5, 0.6) is 0 Å². The summed E-state index contributed by atoms with van der Waals surface area (Å²) in [5.74, 6) is 0.224. The van der Waals surface area contributed by atoms with Crippen LogP contribution in [0.4, 0.5) is 10.1 Å². The first-order chi connectivity index (χ1) is 13.4. The Hall–Kier alpha value is -3.70. The lowest BCUT2D eigenvalue weighted by molar-refractivity contribution is 0.601. The van der Waals surface area contributed by atoms with E-state index < -0.39 is 10.0 Å². The zero-order valence-electron chi connectivity index (χ0n) is 14.3. The van der Waals surface area contributed by atoms with Gasteiger partial charge in [0.2, 0.25) is 0 Å². The van der Waals surface area contributed by atoms with Crippen molar-refractivity contribution < 1.29 is 12.8 Å². The van der Waals surface area contributed by atoms with E-state index in [2.05, 4.69) is 14.7 Å². The highest BCUT2D eigenvalue weighted by molar-refractivity contribution is 7.92. The molecule has 0 aliphatic rings. The average molecular weight is 392 g/mol. The fourth-order valence-electron chi connectivity index (χ4n) is 2.74. The molecule has 0 spiro atoms. The lowest BCUT2D eigenvalue weighted by Crippen LogP contribution is -2.12. The van der Waals surface area contributed by atoms with Gasteiger partial charge in [0.25, 0.3) is 10.0 Å². The number of H-pyrrole nitrogens is 1. The lowest BCUT2D eigenvalue weighted by atomic mass is 10.2. The largest absolute Gasteiger partial charge is 0.338 e. The van der Waals surface area contributed by atoms with Gasteiger partial charge in [-0.1, -0.05) is 0 Å². The van der Waals surface area contributed by atoms with E-state index in [1.165, 1.54) is 36.4 Å². The van der Waals surface area contributed by atoms with E-state index in [0.29, 0.717) is 28.1 Å². The van der Waals surface area contributed by atoms with E-state index in [-0.39, 0.29) is 10.7 Å². The van der Waals surface area contributed by atoms with Crippen LogP contribution in [0, 0.1) is 17.1 Å². The fraction of sp³-hybridized carbons (Fsp3) is 0. The number of nitrogens with one attached hydrogen (secondary N) is 2. The molecule has 0 radical (unpaired) electrons. The molecule has 0 bridgehead atoms. The highest BCUT2D eigenvalue weighted by Crippen LogP contribution is 2.24. The van der Waals surface area contributed by atoms with Gasteiger partial charge >= 0.3 is 0 Å². The van der Waals surface area contributed by atoms with Crippen molar-refractivity contribution in [3.63, 3.8) is 0 Å². The number of hydrogen-bond acceptors (Lipinski definition) is 4. The molecule has 0 aliphatic heterocycles. The summed E-state index contributed by atoms with van der Waals surface area (Å²) in [6.45, 7) is 0. The molecular formula is C20H13FN4O2S. The first kappa shape index (κ1) is 17.7. The molecule has 8 heteroatoms. The number of nitrogens with zero attached hydrogens (tertiary/aromatic N) is 2. The Bertz CT molecular complexity index is 1310. The van der Waals surface area contributed by atoms with Gasteiger partial charge in [-0.3, -0.25) is 4.72 Å². The van der Waals surface area contributed by atoms with E-state index >= 15 is 0 Å². The molecule has 0 fully saturated rings. The Morgan fingerprint density at radius 3 is 2.39 bits per heavy atom. The van der Waals surface area contributed by atoms with Crippen LogP contribution >= 0.6 is 0 Å². The number of halogens is 1. The molecule has 0 atom stereocenters. The Balaban J connectivity index is 1.64. The second-order valence-electron chi connectivity index (χ2n) is 6.07. The molecule has 3 aromatic carbocycles. The van der Waals surface area contributed by atoms with Gasteiger partial charge in [-0.2, -0.15) is 5.26 Å². The van der Waals surface area contributed by atoms with Gasteiger partial charge in [0, 0.05) is 5.56 Å². The van der Waals surface area contributed by atoms with Crippen molar-refractivity contribution >= 4 is 26.7 Å². The van der Waals surface area contributed by atoms with Gasteiger partial charge in [-0.05, 0) is 66.7 Å². The van der Waals surface area contributed by atoms with Crippen molar-refractivity contribution in [2.75, 3.05) is 4.72 Å². The maximum atomic E-state index is 13.1. The summed E-state index contributed by atoms with van der Waals surface area (Å²) in [4.78, 5) is 7.61. The molecule has 0 saturated carbocycles. The SMILES string of the molecule is N#Cc1ccc(S(=O)(=O)Nc2ccc3nc(-c4ccc(F)cc4)[nH]c3c2)cc1. The molecule has 4 aromatic rings. The fourth-order valence-corrected chi connectivity index (χ4v) is 3.79. The van der Waals surface area contributed by atoms with Crippen LogP contribution in [0.15, 0.2) is 71.6 Å². The number of nitriles is 1. The maximum absolute atomic E-state index is 13.1. The number of hydrogen-bond donors (Lipinski definition) is 2. The van der Waals surface area contributed by atoms with Crippen molar-refractivity contribution in [1.82, 2.24) is 9.97 Å². The van der Waals surface area contributed by atoms with E-state index in [9.17, 15) is 12.8 Å². The third-order valence-corrected chi connectivity index (χ3v) is 5.54. The minimum absolute atomic E-state index is 0.0585. The molecule has 0 amide bonds. The first-order valence-electron chi connectivity index (χ1n) is 8.23. The topological polar surface area (TPSA) is 98.6 Å². The zero-order chi connectivity index (χ0) is 19.7. The van der Waals surface area contributed by atoms with Gasteiger partial charge in [0.05, 0.1) is 33.2 Å². The molecule has 0 unspecified atom stereocenters. The monoisotopic (exact) mass is 392 g/mol. The molecular weight excluding hydrogens is 379 g/mol. The number of imidazole rings is 1. The van der Waals surface area contributed by atoms with Crippen LogP contribution in [-0.2, 0) is 10.0 Å². The van der Waals surface area contributed by atoms with Crippen molar-refractivity contribution in [1.29, 1.82) is 5.26 Å². The standard InChI is InChI=1S/C20H13FN4O2S/c21-15-5-3-14(4-6-15)20-23-18-10-7-16(11-19(18)24-20)25-28(26,27)17-8-1-13(12-22)2-9-17/h1-11,25H,(H,23,24). The van der Waals surface area contributed by atoms with Gasteiger partial charge in [0.15, 0.2) is 0 Å². The van der Waals surface area contributed by atoms with Crippen LogP contribution in [0.3, 0.4) is 0 Å². The second-order valence-corrected chi connectivity index (χ2v) is 7.75. The Morgan fingerprint density at radius 1 is 1.00 bits per heavy atom. The van der Waals surface area contributed by atoms with E-state index in [4.69, 9.17) is 5.26 Å². The van der Waals surface area contributed by atoms with Crippen LogP contribution < -0.4 is 4.72 Å². The van der Waals surface area contributed by atoms with Crippen molar-refractivity contribution in [2.24, 2.45) is 0 Å². The number of fused-ring (bicyclic) bond motifs is 1. The summed E-state index contributed by atoms with van der Waals surface area (Å²) in [6.07, 6.45) is 0. The van der Waals surface area contributed by atoms with Crippen molar-refractivity contribution in [2.45, 2.75) is 4.90 Å². The summed E-state index contributed by atoms with van der Waals surface area (Å²) in [5, 5.41) is 8.82. The van der Waals surface area contributed by atoms with E-state index in [1.807, 2.05) is 6.07 Å². The van der Waals surface area contributed by atoms with Gasteiger partial charge in [-0.25, -0.2) is 17.8 Å². The summed E-state index contributed by atoms with van der Waals surface area (Å²) in [6, 6.07) is 18.4. The minimum Gasteiger partial charge on any atom is -0.338 e. The third-order valence-electron chi connectivity index (χ3n) is 4.15. The van der Waals surface area contributed by atoms with Crippen LogP contribution in [0.2, 0.25) is 0 Å². The zero-order valence-corrected chi connectivity index (χ0v) is 15.2. The van der Waals surface area contributed by atoms with E-state index in [0.717, 1.165) is 5.56 Å². The predicted molar refractivity (Wildman–Crippen MR) is 103 cm³/mol. The van der Waals surface area contributed by atoms with Crippen molar-refractivity contribution in [3.05, 3.63) is 78.1 Å². The molecule has 28 heavy (non-hydrogen) atoms. The molecule has 0 saturated heterocycles. The Labute approximate surface area is 160 Å². The first-order valence-corrected chi connectivity index (χ1v) is 9.72. The second kappa shape index (κ2) is 6.79. The van der Waals surface area contributed by atoms with Crippen LogP contribution in [0.25, 0.3) is 22.4 Å². The number of benzene rings is 3. The summed E-state index contributed by atoms with van der Waals surface area (Å²) < 4.78 is 40.7. The smallest absolute Gasteiger partial charge is 0.261 e. The number of sulfonamides is 1. The molecule has 2 N–H and O–H groups in total. The molecule has 0 aliphatic carbocycles. The number of aromatic amines is 1. The molecule has 4 rings (SSSR count). The summed E-state index contributed by atoms with van der Waals surface area (Å²) >= 11 is 0. The average Bonchev–Trinajstić information content (AvgIpc) is 3.11. The van der Waals surface area contributed by atoms with Gasteiger partial charge < -0.3 is 4.98 Å². The number of anilines is 1. The number of rotatable bonds is 4. The Kier molecular flexibility index (Phi) is 4.29.